The quantitative estimate of drug-likeness (QED) is 0.800. The maximum Gasteiger partial charge on any atom is 0.240 e. The molecule has 0 fully saturated rings. The molecule has 0 saturated heterocycles. The Labute approximate surface area is 143 Å². The minimum Gasteiger partial charge on any atom is -0.366 e. The Morgan fingerprint density at radius 3 is 2.54 bits per heavy atom. The van der Waals surface area contributed by atoms with Gasteiger partial charge < -0.3 is 4.90 Å². The van der Waals surface area contributed by atoms with Gasteiger partial charge in [0.1, 0.15) is 0 Å². The third kappa shape index (κ3) is 4.82. The lowest BCUT2D eigenvalue weighted by Gasteiger charge is -2.24. The molecule has 126 valence electrons. The van der Waals surface area contributed by atoms with Crippen LogP contribution in [-0.4, -0.2) is 21.5 Å². The van der Waals surface area contributed by atoms with Crippen molar-refractivity contribution < 1.29 is 8.42 Å². The first-order valence-corrected chi connectivity index (χ1v) is 9.30. The van der Waals surface area contributed by atoms with Gasteiger partial charge in [-0.05, 0) is 29.8 Å². The van der Waals surface area contributed by atoms with E-state index in [1.165, 1.54) is 0 Å². The number of hydrogen-bond donors (Lipinski definition) is 1. The van der Waals surface area contributed by atoms with Gasteiger partial charge >= 0.3 is 0 Å². The number of para-hydroxylation sites is 1. The molecule has 2 aromatic carbocycles. The molecular weight excluding hydrogens is 322 g/mol. The molecule has 24 heavy (non-hydrogen) atoms. The van der Waals surface area contributed by atoms with Crippen molar-refractivity contribution in [2.75, 3.05) is 18.0 Å². The highest BCUT2D eigenvalue weighted by Crippen LogP contribution is 2.19. The minimum atomic E-state index is -3.47. The van der Waals surface area contributed by atoms with E-state index in [0.717, 1.165) is 11.3 Å². The van der Waals surface area contributed by atoms with Gasteiger partial charge in [-0.1, -0.05) is 37.3 Å². The average molecular weight is 343 g/mol. The molecule has 6 heteroatoms. The van der Waals surface area contributed by atoms with E-state index < -0.39 is 10.0 Å². The van der Waals surface area contributed by atoms with Crippen LogP contribution in [0.4, 0.5) is 5.69 Å². The van der Waals surface area contributed by atoms with E-state index >= 15 is 0 Å². The van der Waals surface area contributed by atoms with E-state index in [4.69, 9.17) is 5.26 Å². The predicted octanol–water partition coefficient (Wildman–Crippen LogP) is 2.91. The zero-order chi connectivity index (χ0) is 17.4. The maximum atomic E-state index is 12.1. The van der Waals surface area contributed by atoms with Crippen molar-refractivity contribution in [1.29, 1.82) is 5.26 Å². The molecule has 0 atom stereocenters. The molecule has 5 nitrogen and oxygen atoms in total. The van der Waals surface area contributed by atoms with Crippen molar-refractivity contribution in [3.8, 4) is 6.07 Å². The van der Waals surface area contributed by atoms with Crippen molar-refractivity contribution in [2.24, 2.45) is 0 Å². The molecule has 0 amide bonds. The standard InChI is InChI=1S/C18H21N3O2S/c1-2-20-24(22,23)18-11-6-8-16(14-18)15-21(13-7-12-19)17-9-4-3-5-10-17/h3-6,8-11,14,20H,2,7,13,15H2,1H3. The molecule has 0 aliphatic heterocycles. The number of nitriles is 1. The third-order valence-electron chi connectivity index (χ3n) is 3.53. The molecule has 0 unspecified atom stereocenters. The molecule has 2 aromatic rings. The summed E-state index contributed by atoms with van der Waals surface area (Å²) < 4.78 is 26.8. The van der Waals surface area contributed by atoms with Crippen LogP contribution in [-0.2, 0) is 16.6 Å². The van der Waals surface area contributed by atoms with Gasteiger partial charge in [-0.2, -0.15) is 5.26 Å². The van der Waals surface area contributed by atoms with E-state index in [9.17, 15) is 8.42 Å². The predicted molar refractivity (Wildman–Crippen MR) is 95.0 cm³/mol. The summed E-state index contributed by atoms with van der Waals surface area (Å²) >= 11 is 0. The minimum absolute atomic E-state index is 0.259. The van der Waals surface area contributed by atoms with Gasteiger partial charge in [0.25, 0.3) is 0 Å². The lowest BCUT2D eigenvalue weighted by molar-refractivity contribution is 0.583. The fourth-order valence-corrected chi connectivity index (χ4v) is 3.54. The second-order valence-electron chi connectivity index (χ2n) is 5.31. The topological polar surface area (TPSA) is 73.2 Å². The number of rotatable bonds is 8. The molecule has 0 heterocycles. The van der Waals surface area contributed by atoms with E-state index in [1.807, 2.05) is 36.4 Å². The highest BCUT2D eigenvalue weighted by molar-refractivity contribution is 7.89. The van der Waals surface area contributed by atoms with Crippen LogP contribution in [0.15, 0.2) is 59.5 Å². The summed E-state index contributed by atoms with van der Waals surface area (Å²) in [5.74, 6) is 0. The molecule has 2 rings (SSSR count). The molecule has 0 bridgehead atoms. The van der Waals surface area contributed by atoms with Crippen LogP contribution in [0, 0.1) is 11.3 Å². The molecule has 0 radical (unpaired) electrons. The Morgan fingerprint density at radius 1 is 1.12 bits per heavy atom. The monoisotopic (exact) mass is 343 g/mol. The van der Waals surface area contributed by atoms with Gasteiger partial charge in [-0.3, -0.25) is 0 Å². The van der Waals surface area contributed by atoms with Crippen LogP contribution in [0.2, 0.25) is 0 Å². The van der Waals surface area contributed by atoms with Crippen LogP contribution < -0.4 is 9.62 Å². The van der Waals surface area contributed by atoms with Crippen molar-refractivity contribution >= 4 is 15.7 Å². The van der Waals surface area contributed by atoms with Gasteiger partial charge in [0.05, 0.1) is 17.4 Å². The molecule has 0 saturated carbocycles. The fraction of sp³-hybridized carbons (Fsp3) is 0.278. The zero-order valence-corrected chi connectivity index (χ0v) is 14.5. The van der Waals surface area contributed by atoms with Crippen LogP contribution in [0.3, 0.4) is 0 Å². The normalized spacial score (nSPS) is 11.0. The lowest BCUT2D eigenvalue weighted by atomic mass is 10.2. The first-order chi connectivity index (χ1) is 11.6. The van der Waals surface area contributed by atoms with Gasteiger partial charge in [-0.25, -0.2) is 13.1 Å². The number of nitrogens with one attached hydrogen (secondary N) is 1. The Kier molecular flexibility index (Phi) is 6.36. The van der Waals surface area contributed by atoms with Crippen molar-refractivity contribution in [2.45, 2.75) is 24.8 Å². The fourth-order valence-electron chi connectivity index (χ4n) is 2.43. The van der Waals surface area contributed by atoms with E-state index in [0.29, 0.717) is 26.1 Å². The zero-order valence-electron chi connectivity index (χ0n) is 13.6. The highest BCUT2D eigenvalue weighted by atomic mass is 32.2. The van der Waals surface area contributed by atoms with Crippen LogP contribution in [0.1, 0.15) is 18.9 Å². The molecule has 0 aromatic heterocycles. The van der Waals surface area contributed by atoms with Gasteiger partial charge in [-0.15, -0.1) is 0 Å². The Balaban J connectivity index is 2.25. The molecule has 0 aliphatic carbocycles. The van der Waals surface area contributed by atoms with Crippen LogP contribution in [0.5, 0.6) is 0 Å². The van der Waals surface area contributed by atoms with Gasteiger partial charge in [0.15, 0.2) is 0 Å². The van der Waals surface area contributed by atoms with E-state index in [-0.39, 0.29) is 4.90 Å². The van der Waals surface area contributed by atoms with Gasteiger partial charge in [0.2, 0.25) is 10.0 Å². The molecule has 0 aliphatic rings. The summed E-state index contributed by atoms with van der Waals surface area (Å²) in [7, 11) is -3.47. The lowest BCUT2D eigenvalue weighted by Crippen LogP contribution is -2.25. The summed E-state index contributed by atoms with van der Waals surface area (Å²) in [5.41, 5.74) is 1.89. The van der Waals surface area contributed by atoms with Crippen molar-refractivity contribution in [1.82, 2.24) is 4.72 Å². The van der Waals surface area contributed by atoms with Gasteiger partial charge in [0, 0.05) is 25.3 Å². The second kappa shape index (κ2) is 8.48. The summed E-state index contributed by atoms with van der Waals surface area (Å²) in [5, 5.41) is 8.87. The highest BCUT2D eigenvalue weighted by Gasteiger charge is 2.14. The Hall–Kier alpha value is -2.36. The molecule has 0 spiro atoms. The number of hydrogen-bond acceptors (Lipinski definition) is 4. The first kappa shape index (κ1) is 18.0. The Bertz CT molecular complexity index is 799. The number of anilines is 1. The maximum absolute atomic E-state index is 12.1. The SMILES string of the molecule is CCNS(=O)(=O)c1cccc(CN(CCC#N)c2ccccc2)c1. The number of sulfonamides is 1. The summed E-state index contributed by atoms with van der Waals surface area (Å²) in [6, 6.07) is 18.9. The van der Waals surface area contributed by atoms with Crippen molar-refractivity contribution in [3.63, 3.8) is 0 Å². The number of nitrogens with zero attached hydrogens (tertiary/aromatic N) is 2. The second-order valence-corrected chi connectivity index (χ2v) is 7.08. The smallest absolute Gasteiger partial charge is 0.240 e. The first-order valence-electron chi connectivity index (χ1n) is 7.82. The largest absolute Gasteiger partial charge is 0.366 e. The summed E-state index contributed by atoms with van der Waals surface area (Å²) in [6.45, 7) is 3.23. The van der Waals surface area contributed by atoms with E-state index in [2.05, 4.69) is 15.7 Å². The third-order valence-corrected chi connectivity index (χ3v) is 5.07. The molecule has 1 N–H and O–H groups in total. The van der Waals surface area contributed by atoms with E-state index in [1.54, 1.807) is 25.1 Å². The summed E-state index contributed by atoms with van der Waals surface area (Å²) in [4.78, 5) is 2.33. The number of benzene rings is 2. The molecular formula is C18H21N3O2S. The Morgan fingerprint density at radius 2 is 1.88 bits per heavy atom. The van der Waals surface area contributed by atoms with Crippen LogP contribution in [0.25, 0.3) is 0 Å². The average Bonchev–Trinajstić information content (AvgIpc) is 2.59. The van der Waals surface area contributed by atoms with Crippen LogP contribution >= 0.6 is 0 Å². The van der Waals surface area contributed by atoms with Crippen molar-refractivity contribution in [3.05, 3.63) is 60.2 Å². The summed E-state index contributed by atoms with van der Waals surface area (Å²) in [6.07, 6.45) is 0.407.